The molecule has 3 N–H and O–H groups in total. The highest BCUT2D eigenvalue weighted by molar-refractivity contribution is 5.94. The molecule has 0 saturated carbocycles. The van der Waals surface area contributed by atoms with Gasteiger partial charge in [0.25, 0.3) is 5.56 Å². The average molecular weight is 405 g/mol. The Morgan fingerprint density at radius 3 is 2.43 bits per heavy atom. The summed E-state index contributed by atoms with van der Waals surface area (Å²) >= 11 is 0. The van der Waals surface area contributed by atoms with E-state index in [4.69, 9.17) is 9.47 Å². The fourth-order valence-corrected chi connectivity index (χ4v) is 3.58. The van der Waals surface area contributed by atoms with E-state index in [0.29, 0.717) is 22.8 Å². The maximum atomic E-state index is 12.7. The molecule has 152 valence electrons. The predicted octanol–water partition coefficient (Wildman–Crippen LogP) is 2.86. The molecule has 1 aromatic heterocycles. The van der Waals surface area contributed by atoms with Crippen molar-refractivity contribution in [3.05, 3.63) is 97.8 Å². The van der Waals surface area contributed by atoms with Crippen LogP contribution in [0.25, 0.3) is 0 Å². The lowest BCUT2D eigenvalue weighted by Gasteiger charge is -2.28. The van der Waals surface area contributed by atoms with E-state index in [-0.39, 0.29) is 17.0 Å². The first-order chi connectivity index (χ1) is 14.5. The van der Waals surface area contributed by atoms with E-state index in [1.807, 2.05) is 30.3 Å². The Kier molecular flexibility index (Phi) is 4.97. The average Bonchev–Trinajstić information content (AvgIpc) is 2.73. The summed E-state index contributed by atoms with van der Waals surface area (Å²) in [6, 6.07) is 16.4. The second kappa shape index (κ2) is 7.75. The highest BCUT2D eigenvalue weighted by atomic mass is 16.5. The number of methoxy groups -OCH3 is 1. The maximum absolute atomic E-state index is 12.7. The number of H-pyrrole nitrogens is 2. The van der Waals surface area contributed by atoms with Gasteiger partial charge in [-0.15, -0.1) is 0 Å². The molecule has 8 nitrogen and oxygen atoms in total. The zero-order valence-electron chi connectivity index (χ0n) is 16.3. The zero-order chi connectivity index (χ0) is 21.3. The number of nitrogens with one attached hydrogen (secondary N) is 3. The number of esters is 1. The fourth-order valence-electron chi connectivity index (χ4n) is 3.58. The third-order valence-corrected chi connectivity index (χ3v) is 4.85. The molecule has 0 spiro atoms. The number of carbonyl (C=O) groups excluding carboxylic acids is 1. The molecule has 0 fully saturated rings. The summed E-state index contributed by atoms with van der Waals surface area (Å²) in [7, 11) is 1.28. The topological polar surface area (TPSA) is 113 Å². The molecule has 2 aromatic carbocycles. The van der Waals surface area contributed by atoms with E-state index < -0.39 is 23.1 Å². The van der Waals surface area contributed by atoms with Crippen molar-refractivity contribution in [3.8, 4) is 11.5 Å². The molecule has 0 radical (unpaired) electrons. The first-order valence-corrected chi connectivity index (χ1v) is 9.23. The van der Waals surface area contributed by atoms with Crippen LogP contribution in [-0.2, 0) is 9.53 Å². The number of ether oxygens (including phenoxy) is 2. The van der Waals surface area contributed by atoms with Crippen LogP contribution in [0.2, 0.25) is 0 Å². The van der Waals surface area contributed by atoms with E-state index in [1.54, 1.807) is 31.2 Å². The van der Waals surface area contributed by atoms with Crippen molar-refractivity contribution in [1.82, 2.24) is 9.97 Å². The molecule has 0 bridgehead atoms. The first kappa shape index (κ1) is 19.3. The summed E-state index contributed by atoms with van der Waals surface area (Å²) in [5, 5.41) is 2.93. The van der Waals surface area contributed by atoms with E-state index in [1.165, 1.54) is 7.11 Å². The van der Waals surface area contributed by atoms with Crippen molar-refractivity contribution in [1.29, 1.82) is 0 Å². The molecule has 1 aliphatic heterocycles. The number of hydrogen-bond acceptors (Lipinski definition) is 6. The number of benzene rings is 2. The number of para-hydroxylation sites is 1. The summed E-state index contributed by atoms with van der Waals surface area (Å²) in [4.78, 5) is 41.9. The number of rotatable bonds is 4. The SMILES string of the molecule is COC(=O)C1=C(C)Nc2[nH]c(=O)[nH]c(=O)c2C1c1cccc(Oc2ccccc2)c1. The summed E-state index contributed by atoms with van der Waals surface area (Å²) in [5.41, 5.74) is 0.394. The Morgan fingerprint density at radius 2 is 1.70 bits per heavy atom. The first-order valence-electron chi connectivity index (χ1n) is 9.23. The third kappa shape index (κ3) is 3.50. The smallest absolute Gasteiger partial charge is 0.336 e. The largest absolute Gasteiger partial charge is 0.466 e. The van der Waals surface area contributed by atoms with Crippen LogP contribution in [0.4, 0.5) is 5.82 Å². The van der Waals surface area contributed by atoms with Crippen molar-refractivity contribution in [2.75, 3.05) is 12.4 Å². The molecule has 0 amide bonds. The number of carbonyl (C=O) groups is 1. The third-order valence-electron chi connectivity index (χ3n) is 4.85. The minimum Gasteiger partial charge on any atom is -0.466 e. The van der Waals surface area contributed by atoms with Crippen LogP contribution in [0.1, 0.15) is 24.0 Å². The molecule has 1 unspecified atom stereocenters. The van der Waals surface area contributed by atoms with Gasteiger partial charge in [-0.05, 0) is 36.8 Å². The standard InChI is InChI=1S/C22H19N3O5/c1-12-16(21(27)29-2)17(18-19(23-12)24-22(28)25-20(18)26)13-7-6-10-15(11-13)30-14-8-4-3-5-9-14/h3-11,17H,1-2H3,(H3,23,24,25,26,28). The summed E-state index contributed by atoms with van der Waals surface area (Å²) in [6.07, 6.45) is 0. The Labute approximate surface area is 171 Å². The second-order valence-electron chi connectivity index (χ2n) is 6.77. The van der Waals surface area contributed by atoms with Crippen LogP contribution in [0, 0.1) is 0 Å². The van der Waals surface area contributed by atoms with Crippen molar-refractivity contribution < 1.29 is 14.3 Å². The van der Waals surface area contributed by atoms with Crippen molar-refractivity contribution in [2.45, 2.75) is 12.8 Å². The number of hydrogen-bond donors (Lipinski definition) is 3. The quantitative estimate of drug-likeness (QED) is 0.575. The highest BCUT2D eigenvalue weighted by Crippen LogP contribution is 2.40. The molecule has 4 rings (SSSR count). The molecule has 3 aromatic rings. The van der Waals surface area contributed by atoms with Gasteiger partial charge in [-0.1, -0.05) is 30.3 Å². The lowest BCUT2D eigenvalue weighted by Crippen LogP contribution is -2.34. The van der Waals surface area contributed by atoms with Gasteiger partial charge in [0, 0.05) is 5.70 Å². The minimum atomic E-state index is -0.756. The van der Waals surface area contributed by atoms with Crippen LogP contribution >= 0.6 is 0 Å². The van der Waals surface area contributed by atoms with Gasteiger partial charge < -0.3 is 14.8 Å². The van der Waals surface area contributed by atoms with E-state index in [0.717, 1.165) is 0 Å². The lowest BCUT2D eigenvalue weighted by atomic mass is 9.82. The van der Waals surface area contributed by atoms with Gasteiger partial charge in [0.15, 0.2) is 0 Å². The van der Waals surface area contributed by atoms with Gasteiger partial charge in [-0.3, -0.25) is 14.8 Å². The van der Waals surface area contributed by atoms with Gasteiger partial charge in [-0.25, -0.2) is 9.59 Å². The van der Waals surface area contributed by atoms with E-state index in [2.05, 4.69) is 15.3 Å². The van der Waals surface area contributed by atoms with Gasteiger partial charge >= 0.3 is 11.7 Å². The van der Waals surface area contributed by atoms with E-state index >= 15 is 0 Å². The second-order valence-corrected chi connectivity index (χ2v) is 6.77. The predicted molar refractivity (Wildman–Crippen MR) is 111 cm³/mol. The van der Waals surface area contributed by atoms with Crippen molar-refractivity contribution in [3.63, 3.8) is 0 Å². The molecule has 0 aliphatic carbocycles. The van der Waals surface area contributed by atoms with Crippen LogP contribution < -0.4 is 21.3 Å². The van der Waals surface area contributed by atoms with Gasteiger partial charge in [0.1, 0.15) is 17.3 Å². The Morgan fingerprint density at radius 1 is 0.967 bits per heavy atom. The number of fused-ring (bicyclic) bond motifs is 1. The molecule has 2 heterocycles. The summed E-state index contributed by atoms with van der Waals surface area (Å²) in [5.74, 6) is 0.112. The van der Waals surface area contributed by atoms with E-state index in [9.17, 15) is 14.4 Å². The van der Waals surface area contributed by atoms with Crippen LogP contribution in [0.5, 0.6) is 11.5 Å². The molecule has 8 heteroatoms. The number of anilines is 1. The lowest BCUT2D eigenvalue weighted by molar-refractivity contribution is -0.136. The number of aromatic amines is 2. The molecule has 1 aliphatic rings. The Balaban J connectivity index is 1.87. The molecule has 1 atom stereocenters. The van der Waals surface area contributed by atoms with Gasteiger partial charge in [0.2, 0.25) is 0 Å². The monoisotopic (exact) mass is 405 g/mol. The minimum absolute atomic E-state index is 0.220. The molecular weight excluding hydrogens is 386 g/mol. The Bertz CT molecular complexity index is 1260. The van der Waals surface area contributed by atoms with Gasteiger partial charge in [-0.2, -0.15) is 0 Å². The van der Waals surface area contributed by atoms with Crippen LogP contribution in [0.3, 0.4) is 0 Å². The normalized spacial score (nSPS) is 15.2. The maximum Gasteiger partial charge on any atom is 0.336 e. The number of aromatic nitrogens is 2. The molecule has 30 heavy (non-hydrogen) atoms. The highest BCUT2D eigenvalue weighted by Gasteiger charge is 2.35. The van der Waals surface area contributed by atoms with Crippen LogP contribution in [-0.4, -0.2) is 23.0 Å². The summed E-state index contributed by atoms with van der Waals surface area (Å²) in [6.45, 7) is 1.69. The summed E-state index contributed by atoms with van der Waals surface area (Å²) < 4.78 is 10.9. The molecular formula is C22H19N3O5. The van der Waals surface area contributed by atoms with Crippen LogP contribution in [0.15, 0.2) is 75.5 Å². The number of allylic oxidation sites excluding steroid dienone is 1. The van der Waals surface area contributed by atoms with Crippen molar-refractivity contribution in [2.24, 2.45) is 0 Å². The fraction of sp³-hybridized carbons (Fsp3) is 0.136. The Hall–Kier alpha value is -4.07. The van der Waals surface area contributed by atoms with Crippen molar-refractivity contribution >= 4 is 11.8 Å². The molecule has 0 saturated heterocycles. The van der Waals surface area contributed by atoms with Gasteiger partial charge in [0.05, 0.1) is 24.2 Å². The zero-order valence-corrected chi connectivity index (χ0v) is 16.3.